The molecule has 80 valence electrons. The number of amides is 1. The second kappa shape index (κ2) is 2.30. The summed E-state index contributed by atoms with van der Waals surface area (Å²) in [6.45, 7) is 0.551. The fraction of sp³-hybridized carbons (Fsp3) is 0.778. The summed E-state index contributed by atoms with van der Waals surface area (Å²) in [5.74, 6) is -0.513. The molecular formula is C9H11N3O3. The van der Waals surface area contributed by atoms with Gasteiger partial charge in [-0.3, -0.25) is 10.1 Å². The number of nitrogens with one attached hydrogen (secondary N) is 1. The molecule has 5 unspecified atom stereocenters. The van der Waals surface area contributed by atoms with Gasteiger partial charge in [-0.05, 0) is 0 Å². The Morgan fingerprint density at radius 1 is 1.60 bits per heavy atom. The number of nitrogens with zero attached hydrogens (tertiary/aromatic N) is 1. The first-order valence-corrected chi connectivity index (χ1v) is 5.14. The summed E-state index contributed by atoms with van der Waals surface area (Å²) in [6, 6.07) is 0.233. The van der Waals surface area contributed by atoms with Crippen molar-refractivity contribution in [3.8, 4) is 0 Å². The Hall–Kier alpha value is -0.820. The first-order chi connectivity index (χ1) is 7.20. The molecule has 3 heterocycles. The monoisotopic (exact) mass is 209 g/mol. The fourth-order valence-corrected chi connectivity index (χ4v) is 2.35. The normalized spacial score (nSPS) is 55.8. The minimum atomic E-state index is -0.539. The molecular weight excluding hydrogens is 198 g/mol. The van der Waals surface area contributed by atoms with Gasteiger partial charge in [0.15, 0.2) is 5.72 Å². The Morgan fingerprint density at radius 2 is 2.33 bits per heavy atom. The SMILES string of the molecule is NC1OC1C1C(=O)N=C2CC2NC12CO2. The molecule has 6 heteroatoms. The van der Waals surface area contributed by atoms with E-state index in [0.717, 1.165) is 12.1 Å². The molecule has 0 aromatic rings. The van der Waals surface area contributed by atoms with Gasteiger partial charge < -0.3 is 15.2 Å². The minimum Gasteiger partial charge on any atom is -0.353 e. The van der Waals surface area contributed by atoms with E-state index in [1.54, 1.807) is 0 Å². The van der Waals surface area contributed by atoms with Crippen LogP contribution in [0.3, 0.4) is 0 Å². The van der Waals surface area contributed by atoms with Crippen molar-refractivity contribution in [1.29, 1.82) is 0 Å². The Kier molecular flexibility index (Phi) is 1.28. The molecule has 3 aliphatic heterocycles. The van der Waals surface area contributed by atoms with Gasteiger partial charge in [0.1, 0.15) is 18.2 Å². The highest BCUT2D eigenvalue weighted by Crippen LogP contribution is 2.45. The van der Waals surface area contributed by atoms with E-state index >= 15 is 0 Å². The minimum absolute atomic E-state index is 0.145. The van der Waals surface area contributed by atoms with Crippen molar-refractivity contribution >= 4 is 11.6 Å². The van der Waals surface area contributed by atoms with E-state index in [0.29, 0.717) is 6.61 Å². The lowest BCUT2D eigenvalue weighted by atomic mass is 9.95. The van der Waals surface area contributed by atoms with Crippen LogP contribution in [0.1, 0.15) is 6.42 Å². The number of hydrogen-bond acceptors (Lipinski definition) is 5. The molecule has 1 amide bonds. The number of rotatable bonds is 1. The molecule has 3 fully saturated rings. The van der Waals surface area contributed by atoms with Gasteiger partial charge in [0.05, 0.1) is 12.6 Å². The van der Waals surface area contributed by atoms with Crippen molar-refractivity contribution in [1.82, 2.24) is 5.32 Å². The molecule has 0 radical (unpaired) electrons. The highest BCUT2D eigenvalue weighted by Gasteiger charge is 2.66. The molecule has 0 bridgehead atoms. The molecule has 15 heavy (non-hydrogen) atoms. The maximum Gasteiger partial charge on any atom is 0.255 e. The van der Waals surface area contributed by atoms with Crippen molar-refractivity contribution < 1.29 is 14.3 Å². The van der Waals surface area contributed by atoms with Gasteiger partial charge in [0.2, 0.25) is 0 Å². The van der Waals surface area contributed by atoms with E-state index in [2.05, 4.69) is 10.3 Å². The maximum absolute atomic E-state index is 11.9. The topological polar surface area (TPSA) is 92.5 Å². The maximum atomic E-state index is 11.9. The molecule has 4 aliphatic rings. The third-order valence-electron chi connectivity index (χ3n) is 3.44. The average molecular weight is 209 g/mol. The first-order valence-electron chi connectivity index (χ1n) is 5.14. The lowest BCUT2D eigenvalue weighted by Gasteiger charge is -2.18. The molecule has 0 aromatic heterocycles. The van der Waals surface area contributed by atoms with Gasteiger partial charge in [0, 0.05) is 12.1 Å². The zero-order chi connectivity index (χ0) is 10.2. The number of carbonyl (C=O) groups excluding carboxylic acids is 1. The number of hydrogen-bond donors (Lipinski definition) is 2. The smallest absolute Gasteiger partial charge is 0.255 e. The van der Waals surface area contributed by atoms with E-state index in [1.165, 1.54) is 0 Å². The zero-order valence-corrected chi connectivity index (χ0v) is 7.97. The molecule has 1 spiro atoms. The average Bonchev–Trinajstić information content (AvgIpc) is 3.00. The summed E-state index contributed by atoms with van der Waals surface area (Å²) >= 11 is 0. The highest BCUT2D eigenvalue weighted by molar-refractivity contribution is 6.11. The number of epoxide rings is 2. The van der Waals surface area contributed by atoms with Crippen LogP contribution in [0.2, 0.25) is 0 Å². The molecule has 4 rings (SSSR count). The van der Waals surface area contributed by atoms with Crippen LogP contribution in [-0.4, -0.2) is 42.3 Å². The number of fused-ring (bicyclic) bond motifs is 1. The van der Waals surface area contributed by atoms with Crippen LogP contribution < -0.4 is 11.1 Å². The second-order valence-corrected chi connectivity index (χ2v) is 4.56. The predicted octanol–water partition coefficient (Wildman–Crippen LogP) is -1.64. The lowest BCUT2D eigenvalue weighted by molar-refractivity contribution is -0.124. The third-order valence-corrected chi connectivity index (χ3v) is 3.44. The quantitative estimate of drug-likeness (QED) is 0.505. The summed E-state index contributed by atoms with van der Waals surface area (Å²) < 4.78 is 10.6. The lowest BCUT2D eigenvalue weighted by Crippen LogP contribution is -2.47. The van der Waals surface area contributed by atoms with Gasteiger partial charge in [-0.1, -0.05) is 0 Å². The van der Waals surface area contributed by atoms with Crippen LogP contribution in [-0.2, 0) is 14.3 Å². The molecule has 6 nitrogen and oxygen atoms in total. The molecule has 1 aliphatic carbocycles. The van der Waals surface area contributed by atoms with Gasteiger partial charge >= 0.3 is 0 Å². The number of carbonyl (C=O) groups is 1. The molecule has 0 aromatic carbocycles. The molecule has 3 N–H and O–H groups in total. The van der Waals surface area contributed by atoms with Gasteiger partial charge in [-0.25, -0.2) is 4.99 Å². The van der Waals surface area contributed by atoms with Crippen LogP contribution in [0.4, 0.5) is 0 Å². The Bertz CT molecular complexity index is 390. The van der Waals surface area contributed by atoms with Gasteiger partial charge in [-0.2, -0.15) is 0 Å². The van der Waals surface area contributed by atoms with E-state index < -0.39 is 5.72 Å². The molecule has 1 saturated carbocycles. The van der Waals surface area contributed by atoms with Crippen molar-refractivity contribution in [2.24, 2.45) is 16.6 Å². The summed E-state index contributed by atoms with van der Waals surface area (Å²) in [7, 11) is 0. The van der Waals surface area contributed by atoms with Gasteiger partial charge in [-0.15, -0.1) is 0 Å². The van der Waals surface area contributed by atoms with E-state index in [-0.39, 0.29) is 30.2 Å². The van der Waals surface area contributed by atoms with Crippen molar-refractivity contribution in [2.75, 3.05) is 6.61 Å². The zero-order valence-electron chi connectivity index (χ0n) is 7.97. The third kappa shape index (κ3) is 1.07. The van der Waals surface area contributed by atoms with E-state index in [1.807, 2.05) is 0 Å². The standard InChI is InChI=1S/C9H11N3O3/c10-7-6(15-7)5-8(13)11-3-1-4(3)12-9(5)2-14-9/h4-7,12H,1-2,10H2. The molecule has 2 saturated heterocycles. The van der Waals surface area contributed by atoms with Crippen LogP contribution in [0.15, 0.2) is 4.99 Å². The number of nitrogens with two attached hydrogens (primary N) is 1. The Morgan fingerprint density at radius 3 is 2.93 bits per heavy atom. The van der Waals surface area contributed by atoms with Crippen LogP contribution in [0.5, 0.6) is 0 Å². The fourth-order valence-electron chi connectivity index (χ4n) is 2.35. The van der Waals surface area contributed by atoms with Crippen molar-refractivity contribution in [2.45, 2.75) is 30.5 Å². The summed E-state index contributed by atoms with van der Waals surface area (Å²) in [5, 5.41) is 3.32. The molecule has 5 atom stereocenters. The first kappa shape index (κ1) is 8.35. The van der Waals surface area contributed by atoms with E-state index in [4.69, 9.17) is 15.2 Å². The largest absolute Gasteiger partial charge is 0.353 e. The predicted molar refractivity (Wildman–Crippen MR) is 49.0 cm³/mol. The van der Waals surface area contributed by atoms with Crippen LogP contribution in [0, 0.1) is 5.92 Å². The number of aliphatic imine (C=N–C) groups is 1. The van der Waals surface area contributed by atoms with Crippen molar-refractivity contribution in [3.63, 3.8) is 0 Å². The van der Waals surface area contributed by atoms with Crippen LogP contribution in [0.25, 0.3) is 0 Å². The summed E-state index contributed by atoms with van der Waals surface area (Å²) in [5.41, 5.74) is 6.00. The van der Waals surface area contributed by atoms with E-state index in [9.17, 15) is 4.79 Å². The van der Waals surface area contributed by atoms with Crippen LogP contribution >= 0.6 is 0 Å². The Balaban J connectivity index is 1.71. The summed E-state index contributed by atoms with van der Waals surface area (Å²) in [6.07, 6.45) is 0.298. The number of ether oxygens (including phenoxy) is 2. The van der Waals surface area contributed by atoms with Crippen molar-refractivity contribution in [3.05, 3.63) is 0 Å². The Labute approximate surface area is 85.8 Å². The summed E-state index contributed by atoms with van der Waals surface area (Å²) in [4.78, 5) is 16.0. The highest BCUT2D eigenvalue weighted by atomic mass is 16.6. The van der Waals surface area contributed by atoms with Gasteiger partial charge in [0.25, 0.3) is 5.91 Å². The second-order valence-electron chi connectivity index (χ2n) is 4.56.